The van der Waals surface area contributed by atoms with Crippen molar-refractivity contribution in [2.24, 2.45) is 5.92 Å². The first kappa shape index (κ1) is 19.5. The summed E-state index contributed by atoms with van der Waals surface area (Å²) in [7, 11) is 0. The van der Waals surface area contributed by atoms with Crippen LogP contribution in [0.25, 0.3) is 11.5 Å². The zero-order chi connectivity index (χ0) is 20.5. The molecule has 3 aliphatic rings. The Morgan fingerprint density at radius 3 is 3.00 bits per heavy atom. The summed E-state index contributed by atoms with van der Waals surface area (Å²) >= 11 is 1.63. The summed E-state index contributed by atoms with van der Waals surface area (Å²) in [6.45, 7) is 4.77. The Morgan fingerprint density at radius 1 is 1.33 bits per heavy atom. The molecular formula is C23H26N4O2S. The summed E-state index contributed by atoms with van der Waals surface area (Å²) in [5, 5.41) is 5.17. The van der Waals surface area contributed by atoms with Crippen LogP contribution in [0.5, 0.6) is 0 Å². The minimum Gasteiger partial charge on any atom is -0.463 e. The summed E-state index contributed by atoms with van der Waals surface area (Å²) in [4.78, 5) is 25.3. The van der Waals surface area contributed by atoms with Gasteiger partial charge in [0.05, 0.1) is 12.7 Å². The van der Waals surface area contributed by atoms with Gasteiger partial charge in [-0.3, -0.25) is 9.69 Å². The van der Waals surface area contributed by atoms with Crippen molar-refractivity contribution in [2.75, 3.05) is 19.6 Å². The van der Waals surface area contributed by atoms with Crippen LogP contribution in [0.1, 0.15) is 35.2 Å². The summed E-state index contributed by atoms with van der Waals surface area (Å²) in [6.07, 6.45) is 4.44. The maximum Gasteiger partial charge on any atom is 0.225 e. The molecule has 6 heterocycles. The fourth-order valence-electron chi connectivity index (χ4n) is 4.88. The molecule has 4 unspecified atom stereocenters. The molecule has 1 amide bonds. The first-order chi connectivity index (χ1) is 14.7. The number of nitrogens with one attached hydrogen (secondary N) is 1. The van der Waals surface area contributed by atoms with E-state index >= 15 is 0 Å². The van der Waals surface area contributed by atoms with Gasteiger partial charge in [0.15, 0.2) is 5.76 Å². The standard InChI is InChI=1S/C23H26N4O2S/c1-15-25-20(12-21(26-15)22-5-2-8-29-22)19-14-27-7-6-16(19)10-17(27)13-24-23(28)11-18-4-3-9-30-18/h2-5,8-9,12,16-17,19H,6-7,10-11,13-14H2,1H3,(H,24,28). The minimum atomic E-state index is 0.117. The average molecular weight is 423 g/mol. The van der Waals surface area contributed by atoms with Gasteiger partial charge in [0.2, 0.25) is 5.91 Å². The zero-order valence-electron chi connectivity index (χ0n) is 17.1. The first-order valence-corrected chi connectivity index (χ1v) is 11.5. The van der Waals surface area contributed by atoms with E-state index in [1.807, 2.05) is 36.6 Å². The Morgan fingerprint density at radius 2 is 2.27 bits per heavy atom. The van der Waals surface area contributed by atoms with Crippen molar-refractivity contribution in [2.45, 2.75) is 38.1 Å². The van der Waals surface area contributed by atoms with E-state index in [9.17, 15) is 4.79 Å². The number of piperidine rings is 3. The van der Waals surface area contributed by atoms with Gasteiger partial charge < -0.3 is 9.73 Å². The van der Waals surface area contributed by atoms with Crippen molar-refractivity contribution in [3.8, 4) is 11.5 Å². The lowest BCUT2D eigenvalue weighted by Gasteiger charge is -2.49. The Labute approximate surface area is 180 Å². The molecule has 7 heteroatoms. The maximum atomic E-state index is 12.3. The van der Waals surface area contributed by atoms with Crippen molar-refractivity contribution >= 4 is 17.2 Å². The van der Waals surface area contributed by atoms with Gasteiger partial charge in [-0.05, 0) is 61.9 Å². The molecule has 3 aromatic heterocycles. The van der Waals surface area contributed by atoms with Gasteiger partial charge in [-0.25, -0.2) is 9.97 Å². The number of aromatic nitrogens is 2. The molecule has 0 aromatic carbocycles. The lowest BCUT2D eigenvalue weighted by Crippen LogP contribution is -2.56. The Kier molecular flexibility index (Phi) is 5.39. The summed E-state index contributed by atoms with van der Waals surface area (Å²) in [6, 6.07) is 10.3. The highest BCUT2D eigenvalue weighted by Crippen LogP contribution is 2.41. The van der Waals surface area contributed by atoms with Crippen molar-refractivity contribution in [3.63, 3.8) is 0 Å². The van der Waals surface area contributed by atoms with Crippen LogP contribution in [0.15, 0.2) is 46.4 Å². The third kappa shape index (κ3) is 4.04. The highest BCUT2D eigenvalue weighted by atomic mass is 32.1. The number of aryl methyl sites for hydroxylation is 1. The molecule has 0 aliphatic carbocycles. The van der Waals surface area contributed by atoms with E-state index < -0.39 is 0 Å². The van der Waals surface area contributed by atoms with Crippen LogP contribution in [0, 0.1) is 12.8 Å². The molecular weight excluding hydrogens is 396 g/mol. The second kappa shape index (κ2) is 8.32. The van der Waals surface area contributed by atoms with E-state index in [-0.39, 0.29) is 5.91 Å². The summed E-state index contributed by atoms with van der Waals surface area (Å²) < 4.78 is 5.55. The number of carbonyl (C=O) groups is 1. The highest BCUT2D eigenvalue weighted by molar-refractivity contribution is 7.10. The van der Waals surface area contributed by atoms with Gasteiger partial charge >= 0.3 is 0 Å². The molecule has 3 aromatic rings. The van der Waals surface area contributed by atoms with E-state index in [4.69, 9.17) is 9.40 Å². The molecule has 1 N–H and O–H groups in total. The number of thiophene rings is 1. The Hall–Kier alpha value is -2.51. The second-order valence-electron chi connectivity index (χ2n) is 8.30. The highest BCUT2D eigenvalue weighted by Gasteiger charge is 2.41. The largest absolute Gasteiger partial charge is 0.463 e. The number of hydrogen-bond acceptors (Lipinski definition) is 6. The van der Waals surface area contributed by atoms with Crippen molar-refractivity contribution in [3.05, 3.63) is 58.4 Å². The monoisotopic (exact) mass is 422 g/mol. The molecule has 4 atom stereocenters. The molecule has 6 rings (SSSR count). The molecule has 156 valence electrons. The molecule has 3 aliphatic heterocycles. The number of nitrogens with zero attached hydrogens (tertiary/aromatic N) is 3. The number of hydrogen-bond donors (Lipinski definition) is 1. The maximum absolute atomic E-state index is 12.3. The molecule has 0 spiro atoms. The van der Waals surface area contributed by atoms with Crippen LogP contribution in [0.3, 0.4) is 0 Å². The molecule has 0 radical (unpaired) electrons. The fraction of sp³-hybridized carbons (Fsp3) is 0.435. The third-order valence-corrected chi connectivity index (χ3v) is 7.22. The van der Waals surface area contributed by atoms with Gasteiger partial charge in [0.25, 0.3) is 0 Å². The van der Waals surface area contributed by atoms with Crippen molar-refractivity contribution in [1.29, 1.82) is 0 Å². The van der Waals surface area contributed by atoms with E-state index in [0.29, 0.717) is 24.3 Å². The minimum absolute atomic E-state index is 0.117. The van der Waals surface area contributed by atoms with Crippen LogP contribution in [0.2, 0.25) is 0 Å². The lowest BCUT2D eigenvalue weighted by atomic mass is 9.74. The number of rotatable bonds is 6. The van der Waals surface area contributed by atoms with E-state index in [1.165, 1.54) is 6.42 Å². The Bertz CT molecular complexity index is 1000. The van der Waals surface area contributed by atoms with Crippen LogP contribution >= 0.6 is 11.3 Å². The average Bonchev–Trinajstić information content (AvgIpc) is 3.46. The molecule has 30 heavy (non-hydrogen) atoms. The number of fused-ring (bicyclic) bond motifs is 3. The number of carbonyl (C=O) groups excluding carboxylic acids is 1. The van der Waals surface area contributed by atoms with Crippen LogP contribution < -0.4 is 5.32 Å². The predicted molar refractivity (Wildman–Crippen MR) is 116 cm³/mol. The van der Waals surface area contributed by atoms with E-state index in [2.05, 4.69) is 21.3 Å². The first-order valence-electron chi connectivity index (χ1n) is 10.6. The molecule has 2 bridgehead atoms. The van der Waals surface area contributed by atoms with E-state index in [1.54, 1.807) is 17.6 Å². The predicted octanol–water partition coefficient (Wildman–Crippen LogP) is 3.64. The van der Waals surface area contributed by atoms with Crippen LogP contribution in [-0.4, -0.2) is 46.5 Å². The quantitative estimate of drug-likeness (QED) is 0.657. The molecule has 3 saturated heterocycles. The van der Waals surface area contributed by atoms with Crippen molar-refractivity contribution < 1.29 is 9.21 Å². The SMILES string of the molecule is Cc1nc(-c2ccco2)cc(C2CN3CCC2CC3CNC(=O)Cc2cccs2)n1. The van der Waals surface area contributed by atoms with Crippen molar-refractivity contribution in [1.82, 2.24) is 20.2 Å². The van der Waals surface area contributed by atoms with Gasteiger partial charge in [-0.15, -0.1) is 11.3 Å². The van der Waals surface area contributed by atoms with E-state index in [0.717, 1.165) is 53.9 Å². The van der Waals surface area contributed by atoms with Crippen LogP contribution in [-0.2, 0) is 11.2 Å². The topological polar surface area (TPSA) is 71.3 Å². The normalized spacial score (nSPS) is 25.4. The van der Waals surface area contributed by atoms with Crippen LogP contribution in [0.4, 0.5) is 0 Å². The lowest BCUT2D eigenvalue weighted by molar-refractivity contribution is -0.120. The zero-order valence-corrected chi connectivity index (χ0v) is 17.9. The second-order valence-corrected chi connectivity index (χ2v) is 9.33. The van der Waals surface area contributed by atoms with Gasteiger partial charge in [-0.1, -0.05) is 6.07 Å². The van der Waals surface area contributed by atoms with Gasteiger partial charge in [-0.2, -0.15) is 0 Å². The molecule has 0 saturated carbocycles. The van der Waals surface area contributed by atoms with Gasteiger partial charge in [0, 0.05) is 35.6 Å². The summed E-state index contributed by atoms with van der Waals surface area (Å²) in [5.74, 6) is 2.69. The molecule has 3 fully saturated rings. The number of amides is 1. The number of furan rings is 1. The fourth-order valence-corrected chi connectivity index (χ4v) is 5.59. The third-order valence-electron chi connectivity index (χ3n) is 6.34. The molecule has 6 nitrogen and oxygen atoms in total. The smallest absolute Gasteiger partial charge is 0.225 e. The summed E-state index contributed by atoms with van der Waals surface area (Å²) in [5.41, 5.74) is 1.97. The van der Waals surface area contributed by atoms with Gasteiger partial charge in [0.1, 0.15) is 11.5 Å². The Balaban J connectivity index is 1.24.